The van der Waals surface area contributed by atoms with Gasteiger partial charge in [-0.3, -0.25) is 0 Å². The minimum absolute atomic E-state index is 0.633. The fourth-order valence-corrected chi connectivity index (χ4v) is 52.9. The molecular weight excluding hydrogens is 1270 g/mol. The largest absolute Gasteiger partial charge is 0.461 e. The molecule has 6 nitrogen and oxygen atoms in total. The van der Waals surface area contributed by atoms with E-state index in [-0.39, 0.29) is 0 Å². The predicted molar refractivity (Wildman–Crippen MR) is 413 cm³/mol. The van der Waals surface area contributed by atoms with Crippen LogP contribution in [0.4, 0.5) is 0 Å². The van der Waals surface area contributed by atoms with Gasteiger partial charge in [-0.25, -0.2) is 0 Å². The second-order valence-corrected chi connectivity index (χ2v) is 63.2. The van der Waals surface area contributed by atoms with E-state index >= 15 is 0 Å². The Kier molecular flexibility index (Phi) is 26.4. The minimum atomic E-state index is -2.89. The summed E-state index contributed by atoms with van der Waals surface area (Å²) in [6.45, 7) is 36.8. The van der Waals surface area contributed by atoms with Crippen molar-refractivity contribution in [2.45, 2.75) is 110 Å². The Hall–Kier alpha value is -5.35. The van der Waals surface area contributed by atoms with Crippen LogP contribution in [-0.4, -0.2) is 91.5 Å². The topological polar surface area (TPSA) is 55.4 Å². The van der Waals surface area contributed by atoms with E-state index in [0.29, 0.717) is 6.61 Å². The van der Waals surface area contributed by atoms with Gasteiger partial charge in [0.1, 0.15) is 0 Å². The molecule has 9 rings (SSSR count). The van der Waals surface area contributed by atoms with Crippen molar-refractivity contribution >= 4 is 132 Å². The van der Waals surface area contributed by atoms with Crippen molar-refractivity contribution in [2.75, 3.05) is 6.61 Å². The SMILES string of the molecule is C=C[Si](C)(C)O[Si](c1ccccc1)(c1ccccc1)c1ccccc1.C[SiH](C)O[SiH](C)C.C[Si](C)(CCO[Si](C)(C)O[Si](c1ccccc1)(c1ccccc1)c1ccccc1)O[Si](C)(C)CC[Si](C)(C)O[Si](c1ccccc1)(c1ccccc1)c1ccccc1. The molecule has 0 aromatic heterocycles. The van der Waals surface area contributed by atoms with Crippen LogP contribution < -0.4 is 46.7 Å². The van der Waals surface area contributed by atoms with Crippen molar-refractivity contribution < 1.29 is 25.0 Å². The highest BCUT2D eigenvalue weighted by Gasteiger charge is 2.50. The van der Waals surface area contributed by atoms with Crippen LogP contribution in [0.5, 0.6) is 0 Å². The number of rotatable bonds is 27. The third kappa shape index (κ3) is 19.8. The molecule has 0 aliphatic heterocycles. The lowest BCUT2D eigenvalue weighted by atomic mass is 10.3. The summed E-state index contributed by atoms with van der Waals surface area (Å²) in [6.07, 6.45) is 0. The lowest BCUT2D eigenvalue weighted by Crippen LogP contribution is -2.72. The molecule has 0 aliphatic rings. The predicted octanol–water partition coefficient (Wildman–Crippen LogP) is 13.3. The quantitative estimate of drug-likeness (QED) is 0.0378. The van der Waals surface area contributed by atoms with Crippen LogP contribution >= 0.6 is 0 Å². The summed E-state index contributed by atoms with van der Waals surface area (Å²) in [5.41, 5.74) is 2.03. The first-order valence-electron chi connectivity index (χ1n) is 32.1. The summed E-state index contributed by atoms with van der Waals surface area (Å²) in [6, 6.07) is 100. The van der Waals surface area contributed by atoms with Crippen molar-refractivity contribution in [3.05, 3.63) is 285 Å². The summed E-state index contributed by atoms with van der Waals surface area (Å²) in [4.78, 5) is 0. The van der Waals surface area contributed by atoms with Crippen LogP contribution in [-0.2, 0) is 25.0 Å². The maximum atomic E-state index is 7.78. The molecule has 9 aromatic rings. The molecule has 0 amide bonds. The molecule has 0 heterocycles. The summed E-state index contributed by atoms with van der Waals surface area (Å²) in [5.74, 6) is 0. The molecule has 9 aromatic carbocycles. The number of benzene rings is 9. The lowest BCUT2D eigenvalue weighted by molar-refractivity contribution is 0.260. The van der Waals surface area contributed by atoms with Gasteiger partial charge in [0.15, 0.2) is 51.4 Å². The second kappa shape index (κ2) is 33.0. The van der Waals surface area contributed by atoms with Crippen LogP contribution in [0.3, 0.4) is 0 Å². The average Bonchev–Trinajstić information content (AvgIpc) is 0.798. The first-order valence-corrected chi connectivity index (χ1v) is 58.5. The molecule has 0 atom stereocenters. The lowest BCUT2D eigenvalue weighted by Gasteiger charge is -2.42. The molecule has 0 unspecified atom stereocenters. The van der Waals surface area contributed by atoms with Crippen LogP contribution in [0.1, 0.15) is 0 Å². The molecule has 0 saturated carbocycles. The van der Waals surface area contributed by atoms with Gasteiger partial charge < -0.3 is 25.0 Å². The third-order valence-electron chi connectivity index (χ3n) is 15.9. The zero-order valence-corrected chi connectivity index (χ0v) is 66.5. The van der Waals surface area contributed by atoms with E-state index < -0.39 is 84.9 Å². The highest BCUT2D eigenvalue weighted by atomic mass is 28.4. The van der Waals surface area contributed by atoms with Gasteiger partial charge in [-0.1, -0.05) is 279 Å². The smallest absolute Gasteiger partial charge is 0.322 e. The average molecular weight is 1370 g/mol. The molecule has 0 aliphatic carbocycles. The molecule has 0 N–H and O–H groups in total. The van der Waals surface area contributed by atoms with Crippen LogP contribution in [0.25, 0.3) is 0 Å². The van der Waals surface area contributed by atoms with Crippen LogP contribution in [0, 0.1) is 0 Å². The fourth-order valence-electron chi connectivity index (χ4n) is 11.9. The van der Waals surface area contributed by atoms with Crippen molar-refractivity contribution in [3.63, 3.8) is 0 Å². The highest BCUT2D eigenvalue weighted by molar-refractivity contribution is 7.12. The fraction of sp³-hybridized carbons (Fsp3) is 0.243. The van der Waals surface area contributed by atoms with Crippen molar-refractivity contribution in [1.82, 2.24) is 0 Å². The number of hydrogen-bond donors (Lipinski definition) is 0. The van der Waals surface area contributed by atoms with Crippen molar-refractivity contribution in [3.8, 4) is 0 Å². The van der Waals surface area contributed by atoms with Gasteiger partial charge in [0.25, 0.3) is 25.0 Å². The van der Waals surface area contributed by atoms with E-state index in [0.717, 1.165) is 18.1 Å². The van der Waals surface area contributed by atoms with E-state index in [9.17, 15) is 0 Å². The molecule has 472 valence electrons. The Morgan fingerprint density at radius 2 is 0.500 bits per heavy atom. The van der Waals surface area contributed by atoms with E-state index in [1.165, 1.54) is 46.7 Å². The summed E-state index contributed by atoms with van der Waals surface area (Å²) < 4.78 is 42.1. The van der Waals surface area contributed by atoms with Gasteiger partial charge in [0.2, 0.25) is 0 Å². The monoisotopic (exact) mass is 1360 g/mol. The molecule has 0 saturated heterocycles. The molecule has 0 fully saturated rings. The van der Waals surface area contributed by atoms with E-state index in [1.807, 2.05) is 5.70 Å². The van der Waals surface area contributed by atoms with Crippen LogP contribution in [0.15, 0.2) is 285 Å². The molecule has 0 bridgehead atoms. The van der Waals surface area contributed by atoms with Crippen molar-refractivity contribution in [1.29, 1.82) is 0 Å². The second-order valence-electron chi connectivity index (χ2n) is 26.6. The first-order chi connectivity index (χ1) is 42.9. The Morgan fingerprint density at radius 3 is 0.722 bits per heavy atom. The Balaban J connectivity index is 0.000000295. The van der Waals surface area contributed by atoms with E-state index in [4.69, 9.17) is 25.0 Å². The Labute approximate surface area is 554 Å². The van der Waals surface area contributed by atoms with E-state index in [1.54, 1.807) is 0 Å². The van der Waals surface area contributed by atoms with Gasteiger partial charge in [0, 0.05) is 6.61 Å². The Morgan fingerprint density at radius 1 is 0.289 bits per heavy atom. The highest BCUT2D eigenvalue weighted by Crippen LogP contribution is 2.30. The minimum Gasteiger partial charge on any atom is -0.461 e. The normalized spacial score (nSPS) is 12.6. The molecule has 90 heavy (non-hydrogen) atoms. The van der Waals surface area contributed by atoms with Crippen molar-refractivity contribution in [2.24, 2.45) is 0 Å². The Bertz CT molecular complexity index is 3210. The number of hydrogen-bond acceptors (Lipinski definition) is 6. The maximum Gasteiger partial charge on any atom is 0.322 e. The maximum absolute atomic E-state index is 7.78. The first kappa shape index (κ1) is 72.1. The third-order valence-corrected chi connectivity index (χ3v) is 51.7. The molecule has 0 radical (unpaired) electrons. The van der Waals surface area contributed by atoms with Gasteiger partial charge in [-0.2, -0.15) is 0 Å². The zero-order chi connectivity index (χ0) is 64.9. The summed E-state index contributed by atoms with van der Waals surface area (Å²) in [7, 11) is -20.7. The summed E-state index contributed by atoms with van der Waals surface area (Å²) in [5, 5.41) is 11.4. The molecule has 16 heteroatoms. The van der Waals surface area contributed by atoms with Gasteiger partial charge in [-0.15, -0.1) is 6.58 Å². The molecular formula is C74H100O6Si10. The molecule has 0 spiro atoms. The van der Waals surface area contributed by atoms with Gasteiger partial charge in [0.05, 0.1) is 0 Å². The van der Waals surface area contributed by atoms with Crippen LogP contribution in [0.2, 0.25) is 110 Å². The zero-order valence-electron chi connectivity index (χ0n) is 56.2. The standard InChI is InChI=1S/C48H62O4Si6.C22H24OSi2.C4H14OSi2/c1-53(2,40-39-49-56(7,8)52-58(46-33-21-12-22-34-46,47-35-23-13-24-36-47)48-37-25-14-26-38-48)50-54(3,4)41-42-55(5,6)51-57(43-27-15-9-16-28-43,44-29-17-10-18-30-44)45-31-19-11-20-32-45;1-4-24(2,3)23-25(20-14-8-5-9-15-20,21-16-10-6-11-17-21)22-18-12-7-13-19-22;1-6(2)5-7(3)4/h9-38H,39-42H2,1-8H3;4-19H,1H2,2-3H3;6-7H,1-4H3. The van der Waals surface area contributed by atoms with Gasteiger partial charge in [-0.05, 0) is 156 Å². The summed E-state index contributed by atoms with van der Waals surface area (Å²) >= 11 is 0. The van der Waals surface area contributed by atoms with E-state index in [2.05, 4.69) is 371 Å². The van der Waals surface area contributed by atoms with Gasteiger partial charge >= 0.3 is 8.56 Å².